The fourth-order valence-corrected chi connectivity index (χ4v) is 2.56. The van der Waals surface area contributed by atoms with Crippen LogP contribution in [0, 0.1) is 13.8 Å². The molecule has 124 valence electrons. The van der Waals surface area contributed by atoms with Crippen molar-refractivity contribution in [3.8, 4) is 11.5 Å². The van der Waals surface area contributed by atoms with Gasteiger partial charge in [-0.05, 0) is 61.7 Å². The summed E-state index contributed by atoms with van der Waals surface area (Å²) in [5, 5.41) is 2.91. The van der Waals surface area contributed by atoms with Crippen LogP contribution in [0.5, 0.6) is 0 Å². The highest BCUT2D eigenvalue weighted by Crippen LogP contribution is 2.27. The van der Waals surface area contributed by atoms with Gasteiger partial charge in [-0.1, -0.05) is 19.4 Å². The minimum atomic E-state index is 0.0362. The van der Waals surface area contributed by atoms with E-state index in [4.69, 9.17) is 4.42 Å². The molecule has 4 nitrogen and oxygen atoms in total. The molecule has 0 atom stereocenters. The highest BCUT2D eigenvalue weighted by atomic mass is 16.3. The minimum absolute atomic E-state index is 0.0362. The van der Waals surface area contributed by atoms with Crippen LogP contribution >= 0.6 is 0 Å². The van der Waals surface area contributed by atoms with Gasteiger partial charge >= 0.3 is 0 Å². The number of aryl methyl sites for hydroxylation is 2. The van der Waals surface area contributed by atoms with Crippen molar-refractivity contribution in [3.05, 3.63) is 47.5 Å². The zero-order chi connectivity index (χ0) is 17.1. The number of nitrogens with zero attached hydrogens (tertiary/aromatic N) is 1. The first-order valence-electron chi connectivity index (χ1n) is 8.35. The molecule has 3 aromatic rings. The minimum Gasteiger partial charge on any atom is -0.436 e. The van der Waals surface area contributed by atoms with E-state index in [1.165, 1.54) is 11.1 Å². The van der Waals surface area contributed by atoms with Crippen LogP contribution in [-0.4, -0.2) is 10.9 Å². The number of carbonyl (C=O) groups is 1. The van der Waals surface area contributed by atoms with Gasteiger partial charge in [0.1, 0.15) is 5.52 Å². The van der Waals surface area contributed by atoms with Gasteiger partial charge in [-0.25, -0.2) is 4.98 Å². The van der Waals surface area contributed by atoms with Crippen molar-refractivity contribution >= 4 is 22.7 Å². The normalized spacial score (nSPS) is 11.0. The van der Waals surface area contributed by atoms with E-state index in [2.05, 4.69) is 43.2 Å². The predicted molar refractivity (Wildman–Crippen MR) is 97.1 cm³/mol. The molecule has 0 fully saturated rings. The Morgan fingerprint density at radius 3 is 2.71 bits per heavy atom. The average molecular weight is 322 g/mol. The van der Waals surface area contributed by atoms with E-state index >= 15 is 0 Å². The van der Waals surface area contributed by atoms with Crippen LogP contribution in [0.2, 0.25) is 0 Å². The summed E-state index contributed by atoms with van der Waals surface area (Å²) >= 11 is 0. The number of amides is 1. The second-order valence-corrected chi connectivity index (χ2v) is 6.15. The summed E-state index contributed by atoms with van der Waals surface area (Å²) in [6.07, 6.45) is 2.45. The van der Waals surface area contributed by atoms with Gasteiger partial charge in [0.15, 0.2) is 5.58 Å². The number of fused-ring (bicyclic) bond motifs is 1. The average Bonchev–Trinajstić information content (AvgIpc) is 2.98. The van der Waals surface area contributed by atoms with E-state index in [1.807, 2.05) is 24.3 Å². The van der Waals surface area contributed by atoms with Crippen LogP contribution in [0.3, 0.4) is 0 Å². The first-order valence-corrected chi connectivity index (χ1v) is 8.35. The lowest BCUT2D eigenvalue weighted by Gasteiger charge is -2.03. The molecule has 0 radical (unpaired) electrons. The number of anilines is 1. The largest absolute Gasteiger partial charge is 0.436 e. The van der Waals surface area contributed by atoms with Gasteiger partial charge in [0.25, 0.3) is 0 Å². The molecular weight excluding hydrogens is 300 g/mol. The Kier molecular flexibility index (Phi) is 4.65. The molecule has 0 aliphatic rings. The number of carbonyl (C=O) groups excluding carboxylic acids is 1. The third kappa shape index (κ3) is 3.48. The summed E-state index contributed by atoms with van der Waals surface area (Å²) in [5.41, 5.74) is 5.63. The molecule has 24 heavy (non-hydrogen) atoms. The molecule has 1 heterocycles. The topological polar surface area (TPSA) is 55.1 Å². The van der Waals surface area contributed by atoms with Crippen LogP contribution < -0.4 is 5.32 Å². The maximum atomic E-state index is 11.8. The number of unbranched alkanes of at least 4 members (excludes halogenated alkanes) is 1. The van der Waals surface area contributed by atoms with E-state index in [1.54, 1.807) is 0 Å². The fraction of sp³-hybridized carbons (Fsp3) is 0.300. The highest BCUT2D eigenvalue weighted by Gasteiger charge is 2.10. The maximum Gasteiger partial charge on any atom is 0.227 e. The number of hydrogen-bond acceptors (Lipinski definition) is 3. The molecule has 0 aliphatic carbocycles. The van der Waals surface area contributed by atoms with Gasteiger partial charge in [-0.3, -0.25) is 4.79 Å². The van der Waals surface area contributed by atoms with E-state index < -0.39 is 0 Å². The lowest BCUT2D eigenvalue weighted by atomic mass is 10.1. The summed E-state index contributed by atoms with van der Waals surface area (Å²) < 4.78 is 5.85. The van der Waals surface area contributed by atoms with Crippen LogP contribution in [0.1, 0.15) is 37.3 Å². The van der Waals surface area contributed by atoms with Crippen LogP contribution in [0.25, 0.3) is 22.6 Å². The molecule has 1 aromatic heterocycles. The van der Waals surface area contributed by atoms with E-state index in [0.29, 0.717) is 12.3 Å². The Morgan fingerprint density at radius 1 is 1.12 bits per heavy atom. The van der Waals surface area contributed by atoms with E-state index in [0.717, 1.165) is 35.2 Å². The lowest BCUT2D eigenvalue weighted by Crippen LogP contribution is -2.10. The smallest absolute Gasteiger partial charge is 0.227 e. The zero-order valence-corrected chi connectivity index (χ0v) is 14.3. The quantitative estimate of drug-likeness (QED) is 0.699. The predicted octanol–water partition coefficient (Wildman–Crippen LogP) is 5.24. The van der Waals surface area contributed by atoms with Crippen molar-refractivity contribution in [1.82, 2.24) is 4.98 Å². The number of aromatic nitrogens is 1. The molecular formula is C20H22N2O2. The number of nitrogens with one attached hydrogen (secondary N) is 1. The molecule has 0 saturated carbocycles. The Morgan fingerprint density at radius 2 is 1.96 bits per heavy atom. The molecule has 0 aliphatic heterocycles. The Bertz CT molecular complexity index is 880. The monoisotopic (exact) mass is 322 g/mol. The van der Waals surface area contributed by atoms with Gasteiger partial charge in [0.2, 0.25) is 11.8 Å². The van der Waals surface area contributed by atoms with E-state index in [9.17, 15) is 4.79 Å². The number of oxazole rings is 1. The van der Waals surface area contributed by atoms with Crippen molar-refractivity contribution in [2.45, 2.75) is 40.0 Å². The summed E-state index contributed by atoms with van der Waals surface area (Å²) in [4.78, 5) is 16.4. The van der Waals surface area contributed by atoms with Crippen LogP contribution in [-0.2, 0) is 4.79 Å². The van der Waals surface area contributed by atoms with E-state index in [-0.39, 0.29) is 5.91 Å². The molecule has 1 N–H and O–H groups in total. The number of benzene rings is 2. The van der Waals surface area contributed by atoms with Gasteiger partial charge < -0.3 is 9.73 Å². The van der Waals surface area contributed by atoms with Gasteiger partial charge in [-0.2, -0.15) is 0 Å². The second kappa shape index (κ2) is 6.87. The summed E-state index contributed by atoms with van der Waals surface area (Å²) in [6.45, 7) is 6.23. The Hall–Kier alpha value is -2.62. The van der Waals surface area contributed by atoms with Crippen molar-refractivity contribution < 1.29 is 9.21 Å². The number of hydrogen-bond donors (Lipinski definition) is 1. The van der Waals surface area contributed by atoms with Crippen molar-refractivity contribution in [1.29, 1.82) is 0 Å². The molecule has 0 unspecified atom stereocenters. The van der Waals surface area contributed by atoms with Gasteiger partial charge in [0.05, 0.1) is 0 Å². The van der Waals surface area contributed by atoms with Crippen molar-refractivity contribution in [2.75, 3.05) is 5.32 Å². The maximum absolute atomic E-state index is 11.8. The molecule has 0 saturated heterocycles. The zero-order valence-electron chi connectivity index (χ0n) is 14.3. The van der Waals surface area contributed by atoms with Crippen LogP contribution in [0.15, 0.2) is 40.8 Å². The highest BCUT2D eigenvalue weighted by molar-refractivity contribution is 5.93. The van der Waals surface area contributed by atoms with Crippen molar-refractivity contribution in [2.24, 2.45) is 0 Å². The third-order valence-electron chi connectivity index (χ3n) is 4.18. The van der Waals surface area contributed by atoms with Crippen LogP contribution in [0.4, 0.5) is 5.69 Å². The lowest BCUT2D eigenvalue weighted by molar-refractivity contribution is -0.116. The second-order valence-electron chi connectivity index (χ2n) is 6.15. The molecule has 1 amide bonds. The Balaban J connectivity index is 1.86. The SMILES string of the molecule is CCCCC(=O)Nc1ccc2oc(-c3ccc(C)c(C)c3)nc2c1. The third-order valence-corrected chi connectivity index (χ3v) is 4.18. The first-order chi connectivity index (χ1) is 11.6. The summed E-state index contributed by atoms with van der Waals surface area (Å²) in [5.74, 6) is 0.636. The molecule has 4 heteroatoms. The summed E-state index contributed by atoms with van der Waals surface area (Å²) in [6, 6.07) is 11.7. The number of rotatable bonds is 5. The molecule has 2 aromatic carbocycles. The Labute approximate surface area is 141 Å². The standard InChI is InChI=1S/C20H22N2O2/c1-4-5-6-19(23)21-16-9-10-18-17(12-16)22-20(24-18)15-8-7-13(2)14(3)11-15/h7-12H,4-6H2,1-3H3,(H,21,23). The first kappa shape index (κ1) is 16.2. The fourth-order valence-electron chi connectivity index (χ4n) is 2.56. The van der Waals surface area contributed by atoms with Gasteiger partial charge in [0, 0.05) is 17.7 Å². The molecule has 0 bridgehead atoms. The van der Waals surface area contributed by atoms with Gasteiger partial charge in [-0.15, -0.1) is 0 Å². The molecule has 0 spiro atoms. The molecule has 3 rings (SSSR count). The van der Waals surface area contributed by atoms with Crippen molar-refractivity contribution in [3.63, 3.8) is 0 Å². The summed E-state index contributed by atoms with van der Waals surface area (Å²) in [7, 11) is 0.